The first-order chi connectivity index (χ1) is 13.9. The Bertz CT molecular complexity index is 844. The van der Waals surface area contributed by atoms with Gasteiger partial charge in [-0.1, -0.05) is 18.2 Å². The number of hydrogen-bond acceptors (Lipinski definition) is 5. The second kappa shape index (κ2) is 11.2. The van der Waals surface area contributed by atoms with Crippen LogP contribution in [-0.2, 0) is 11.2 Å². The fourth-order valence-electron chi connectivity index (χ4n) is 2.60. The number of urea groups is 1. The van der Waals surface area contributed by atoms with Crippen molar-refractivity contribution < 1.29 is 19.1 Å². The number of amides is 3. The molecule has 29 heavy (non-hydrogen) atoms. The van der Waals surface area contributed by atoms with Crippen molar-refractivity contribution in [3.05, 3.63) is 48.0 Å². The average Bonchev–Trinajstić information content (AvgIpc) is 2.72. The summed E-state index contributed by atoms with van der Waals surface area (Å²) in [6, 6.07) is 13.0. The van der Waals surface area contributed by atoms with E-state index >= 15 is 0 Å². The highest BCUT2D eigenvalue weighted by Gasteiger charge is 2.12. The van der Waals surface area contributed by atoms with Crippen molar-refractivity contribution in [2.45, 2.75) is 17.7 Å². The number of primary amides is 1. The highest BCUT2D eigenvalue weighted by Crippen LogP contribution is 2.29. The van der Waals surface area contributed by atoms with Crippen molar-refractivity contribution in [3.8, 4) is 11.5 Å². The van der Waals surface area contributed by atoms with Crippen LogP contribution in [0.4, 0.5) is 10.5 Å². The molecule has 156 valence electrons. The van der Waals surface area contributed by atoms with Crippen molar-refractivity contribution in [2.24, 2.45) is 5.73 Å². The third kappa shape index (κ3) is 6.90. The number of nitrogens with two attached hydrogens (primary N) is 1. The Balaban J connectivity index is 1.93. The number of anilines is 1. The number of hydrogen-bond donors (Lipinski definition) is 2. The molecule has 0 radical (unpaired) electrons. The van der Waals surface area contributed by atoms with Gasteiger partial charge in [-0.2, -0.15) is 0 Å². The summed E-state index contributed by atoms with van der Waals surface area (Å²) in [4.78, 5) is 26.0. The molecule has 0 spiro atoms. The summed E-state index contributed by atoms with van der Waals surface area (Å²) < 4.78 is 10.6. The molecule has 0 aliphatic heterocycles. The molecule has 0 aromatic heterocycles. The fourth-order valence-corrected chi connectivity index (χ4v) is 3.58. The minimum Gasteiger partial charge on any atom is -0.493 e. The Hall–Kier alpha value is -2.87. The molecule has 0 fully saturated rings. The summed E-state index contributed by atoms with van der Waals surface area (Å²) in [7, 11) is 4.94. The second-order valence-electron chi connectivity index (χ2n) is 6.35. The van der Waals surface area contributed by atoms with Crippen LogP contribution in [0.1, 0.15) is 12.0 Å². The molecule has 2 aromatic rings. The first-order valence-electron chi connectivity index (χ1n) is 9.17. The van der Waals surface area contributed by atoms with Crippen LogP contribution in [-0.4, -0.2) is 50.4 Å². The Morgan fingerprint density at radius 1 is 1.10 bits per heavy atom. The predicted octanol–water partition coefficient (Wildman–Crippen LogP) is 3.38. The standard InChI is InChI=1S/C21H27N3O4S/c1-24(12-10-15-8-9-17(27-2)18(14-15)28-3)21(26)23-16-6-4-5-7-19(16)29-13-11-20(22)25/h4-9,14H,10-13H2,1-3H3,(H2,22,25)(H,23,26). The van der Waals surface area contributed by atoms with Crippen molar-refractivity contribution in [1.82, 2.24) is 4.90 Å². The van der Waals surface area contributed by atoms with Gasteiger partial charge in [0.15, 0.2) is 11.5 Å². The van der Waals surface area contributed by atoms with E-state index in [9.17, 15) is 9.59 Å². The highest BCUT2D eigenvalue weighted by atomic mass is 32.2. The Kier molecular flexibility index (Phi) is 8.67. The number of carbonyl (C=O) groups excluding carboxylic acids is 2. The molecular weight excluding hydrogens is 390 g/mol. The van der Waals surface area contributed by atoms with Crippen molar-refractivity contribution >= 4 is 29.4 Å². The molecule has 2 aromatic carbocycles. The summed E-state index contributed by atoms with van der Waals surface area (Å²) in [5.41, 5.74) is 6.95. The summed E-state index contributed by atoms with van der Waals surface area (Å²) in [5, 5.41) is 2.93. The predicted molar refractivity (Wildman–Crippen MR) is 116 cm³/mol. The van der Waals surface area contributed by atoms with Crippen molar-refractivity contribution in [2.75, 3.05) is 38.9 Å². The van der Waals surface area contributed by atoms with Gasteiger partial charge in [-0.25, -0.2) is 4.79 Å². The zero-order valence-electron chi connectivity index (χ0n) is 16.9. The van der Waals surface area contributed by atoms with E-state index in [-0.39, 0.29) is 18.4 Å². The summed E-state index contributed by atoms with van der Waals surface area (Å²) in [6.45, 7) is 0.540. The van der Waals surface area contributed by atoms with Crippen LogP contribution >= 0.6 is 11.8 Å². The lowest BCUT2D eigenvalue weighted by Crippen LogP contribution is -2.33. The van der Waals surface area contributed by atoms with Gasteiger partial charge >= 0.3 is 6.03 Å². The number of carbonyl (C=O) groups is 2. The van der Waals surface area contributed by atoms with Crippen LogP contribution in [0.25, 0.3) is 0 Å². The molecule has 0 aliphatic carbocycles. The van der Waals surface area contributed by atoms with E-state index in [0.29, 0.717) is 35.9 Å². The van der Waals surface area contributed by atoms with Crippen LogP contribution < -0.4 is 20.5 Å². The Morgan fingerprint density at radius 3 is 2.52 bits per heavy atom. The van der Waals surface area contributed by atoms with Crippen LogP contribution in [0.15, 0.2) is 47.4 Å². The van der Waals surface area contributed by atoms with Crippen LogP contribution in [0.5, 0.6) is 11.5 Å². The van der Waals surface area contributed by atoms with E-state index in [4.69, 9.17) is 15.2 Å². The third-order valence-electron chi connectivity index (χ3n) is 4.27. The number of thioether (sulfide) groups is 1. The van der Waals surface area contributed by atoms with E-state index in [1.807, 2.05) is 42.5 Å². The first kappa shape index (κ1) is 22.4. The average molecular weight is 418 g/mol. The minimum absolute atomic E-state index is 0.201. The molecule has 3 N–H and O–H groups in total. The van der Waals surface area contributed by atoms with Crippen molar-refractivity contribution in [1.29, 1.82) is 0 Å². The lowest BCUT2D eigenvalue weighted by molar-refractivity contribution is -0.117. The second-order valence-corrected chi connectivity index (χ2v) is 7.49. The number of methoxy groups -OCH3 is 2. The van der Waals surface area contributed by atoms with Crippen LogP contribution in [0.2, 0.25) is 0 Å². The van der Waals surface area contributed by atoms with E-state index in [1.54, 1.807) is 26.2 Å². The van der Waals surface area contributed by atoms with Crippen LogP contribution in [0.3, 0.4) is 0 Å². The third-order valence-corrected chi connectivity index (χ3v) is 5.34. The smallest absolute Gasteiger partial charge is 0.321 e. The Morgan fingerprint density at radius 2 is 1.83 bits per heavy atom. The fraction of sp³-hybridized carbons (Fsp3) is 0.333. The molecular formula is C21H27N3O4S. The van der Waals surface area contributed by atoms with Gasteiger partial charge in [0.05, 0.1) is 19.9 Å². The normalized spacial score (nSPS) is 10.3. The molecule has 0 aliphatic rings. The van der Waals surface area contributed by atoms with E-state index in [0.717, 1.165) is 10.5 Å². The molecule has 0 heterocycles. The van der Waals surface area contributed by atoms with Gasteiger partial charge in [-0.05, 0) is 36.2 Å². The number of para-hydroxylation sites is 1. The Labute approximate surface area is 175 Å². The zero-order chi connectivity index (χ0) is 21.2. The number of rotatable bonds is 10. The molecule has 0 bridgehead atoms. The minimum atomic E-state index is -0.339. The molecule has 0 saturated carbocycles. The maximum absolute atomic E-state index is 12.6. The van der Waals surface area contributed by atoms with Gasteiger partial charge in [0.25, 0.3) is 0 Å². The number of nitrogens with one attached hydrogen (secondary N) is 1. The molecule has 2 rings (SSSR count). The number of benzene rings is 2. The number of ether oxygens (including phenoxy) is 2. The van der Waals surface area contributed by atoms with E-state index < -0.39 is 0 Å². The number of nitrogens with zero attached hydrogens (tertiary/aromatic N) is 1. The molecule has 0 atom stereocenters. The molecule has 3 amide bonds. The topological polar surface area (TPSA) is 93.9 Å². The van der Waals surface area contributed by atoms with Gasteiger partial charge in [-0.15, -0.1) is 11.8 Å². The van der Waals surface area contributed by atoms with E-state index in [1.165, 1.54) is 11.8 Å². The largest absolute Gasteiger partial charge is 0.493 e. The van der Waals surface area contributed by atoms with E-state index in [2.05, 4.69) is 5.32 Å². The summed E-state index contributed by atoms with van der Waals surface area (Å²) in [6.07, 6.45) is 0.970. The van der Waals surface area contributed by atoms with Crippen molar-refractivity contribution in [3.63, 3.8) is 0 Å². The zero-order valence-corrected chi connectivity index (χ0v) is 17.8. The van der Waals surface area contributed by atoms with Gasteiger partial charge in [0, 0.05) is 30.7 Å². The SMILES string of the molecule is COc1ccc(CCN(C)C(=O)Nc2ccccc2SCCC(N)=O)cc1OC. The van der Waals surface area contributed by atoms with Gasteiger partial charge in [-0.3, -0.25) is 4.79 Å². The molecule has 0 unspecified atom stereocenters. The molecule has 7 nitrogen and oxygen atoms in total. The molecule has 0 saturated heterocycles. The number of likely N-dealkylation sites (N-methyl/N-ethyl adjacent to an activating group) is 1. The maximum Gasteiger partial charge on any atom is 0.321 e. The van der Waals surface area contributed by atoms with Crippen LogP contribution in [0, 0.1) is 0 Å². The monoisotopic (exact) mass is 417 g/mol. The summed E-state index contributed by atoms with van der Waals surface area (Å²) >= 11 is 1.49. The molecule has 8 heteroatoms. The highest BCUT2D eigenvalue weighted by molar-refractivity contribution is 7.99. The lowest BCUT2D eigenvalue weighted by atomic mass is 10.1. The van der Waals surface area contributed by atoms with Gasteiger partial charge in [0.2, 0.25) is 5.91 Å². The quantitative estimate of drug-likeness (QED) is 0.578. The van der Waals surface area contributed by atoms with Gasteiger partial charge < -0.3 is 25.4 Å². The van der Waals surface area contributed by atoms with Gasteiger partial charge in [0.1, 0.15) is 0 Å². The first-order valence-corrected chi connectivity index (χ1v) is 10.2. The summed E-state index contributed by atoms with van der Waals surface area (Å²) in [5.74, 6) is 1.57. The maximum atomic E-state index is 12.6. The lowest BCUT2D eigenvalue weighted by Gasteiger charge is -2.19.